The Labute approximate surface area is 138 Å². The molecular weight excluding hydrogens is 344 g/mol. The lowest BCUT2D eigenvalue weighted by molar-refractivity contribution is -0.128. The number of halogens is 1. The van der Waals surface area contributed by atoms with Gasteiger partial charge in [-0.25, -0.2) is 4.79 Å². The van der Waals surface area contributed by atoms with Gasteiger partial charge in [0.1, 0.15) is 11.5 Å². The molecule has 114 valence electrons. The number of rotatable bonds is 5. The second-order valence-electron chi connectivity index (χ2n) is 4.66. The molecule has 0 atom stereocenters. The Balaban J connectivity index is 2.08. The van der Waals surface area contributed by atoms with Crippen LogP contribution in [-0.4, -0.2) is 12.6 Å². The largest absolute Gasteiger partial charge is 0.493 e. The maximum absolute atomic E-state index is 11.9. The zero-order chi connectivity index (χ0) is 15.9. The van der Waals surface area contributed by atoms with Gasteiger partial charge in [-0.1, -0.05) is 24.3 Å². The second kappa shape index (κ2) is 7.80. The summed E-state index contributed by atoms with van der Waals surface area (Å²) in [6.07, 6.45) is 3.08. The summed E-state index contributed by atoms with van der Waals surface area (Å²) in [6.45, 7) is 4.47. The van der Waals surface area contributed by atoms with Gasteiger partial charge in [-0.3, -0.25) is 0 Å². The Hall–Kier alpha value is -2.07. The lowest BCUT2D eigenvalue weighted by atomic mass is 10.2. The SMILES string of the molecule is CCOc1ccccc1/C=C/C(=O)Oc1ccc(C)cc1Br. The van der Waals surface area contributed by atoms with Gasteiger partial charge in [-0.2, -0.15) is 0 Å². The average Bonchev–Trinajstić information content (AvgIpc) is 2.49. The molecule has 0 saturated carbocycles. The van der Waals surface area contributed by atoms with E-state index in [9.17, 15) is 4.79 Å². The van der Waals surface area contributed by atoms with Crippen molar-refractivity contribution >= 4 is 28.0 Å². The molecule has 0 aliphatic rings. The van der Waals surface area contributed by atoms with E-state index in [1.807, 2.05) is 50.2 Å². The van der Waals surface area contributed by atoms with Gasteiger partial charge in [0.05, 0.1) is 11.1 Å². The maximum Gasteiger partial charge on any atom is 0.336 e. The number of esters is 1. The zero-order valence-corrected chi connectivity index (χ0v) is 14.1. The topological polar surface area (TPSA) is 35.5 Å². The molecule has 0 aliphatic heterocycles. The fourth-order valence-corrected chi connectivity index (χ4v) is 2.47. The Morgan fingerprint density at radius 1 is 1.18 bits per heavy atom. The highest BCUT2D eigenvalue weighted by molar-refractivity contribution is 9.10. The molecule has 0 unspecified atom stereocenters. The van der Waals surface area contributed by atoms with E-state index in [-0.39, 0.29) is 0 Å². The molecule has 0 N–H and O–H groups in total. The van der Waals surface area contributed by atoms with Gasteiger partial charge >= 0.3 is 5.97 Å². The summed E-state index contributed by atoms with van der Waals surface area (Å²) >= 11 is 3.38. The molecule has 0 aliphatic carbocycles. The molecule has 22 heavy (non-hydrogen) atoms. The van der Waals surface area contributed by atoms with Crippen LogP contribution in [0.1, 0.15) is 18.1 Å². The molecule has 0 fully saturated rings. The van der Waals surface area contributed by atoms with E-state index in [2.05, 4.69) is 15.9 Å². The molecule has 2 aromatic rings. The predicted octanol–water partition coefficient (Wildman–Crippen LogP) is 4.78. The Morgan fingerprint density at radius 2 is 1.95 bits per heavy atom. The van der Waals surface area contributed by atoms with Crippen molar-refractivity contribution in [1.82, 2.24) is 0 Å². The number of para-hydroxylation sites is 1. The van der Waals surface area contributed by atoms with E-state index in [1.54, 1.807) is 12.1 Å². The number of hydrogen-bond acceptors (Lipinski definition) is 3. The first kappa shape index (κ1) is 16.3. The van der Waals surface area contributed by atoms with Gasteiger partial charge in [0.2, 0.25) is 0 Å². The molecule has 0 saturated heterocycles. The van der Waals surface area contributed by atoms with Crippen LogP contribution in [-0.2, 0) is 4.79 Å². The van der Waals surface area contributed by atoms with Crippen molar-refractivity contribution < 1.29 is 14.3 Å². The van der Waals surface area contributed by atoms with E-state index >= 15 is 0 Å². The molecule has 0 spiro atoms. The maximum atomic E-state index is 11.9. The molecule has 3 nitrogen and oxygen atoms in total. The van der Waals surface area contributed by atoms with E-state index in [1.165, 1.54) is 6.08 Å². The molecule has 2 rings (SSSR count). The van der Waals surface area contributed by atoms with Crippen LogP contribution in [0.2, 0.25) is 0 Å². The molecule has 0 amide bonds. The summed E-state index contributed by atoms with van der Waals surface area (Å²) in [6, 6.07) is 13.1. The third kappa shape index (κ3) is 4.46. The van der Waals surface area contributed by atoms with E-state index in [4.69, 9.17) is 9.47 Å². The van der Waals surface area contributed by atoms with Gasteiger partial charge in [-0.15, -0.1) is 0 Å². The summed E-state index contributed by atoms with van der Waals surface area (Å²) in [5.41, 5.74) is 1.93. The summed E-state index contributed by atoms with van der Waals surface area (Å²) < 4.78 is 11.6. The van der Waals surface area contributed by atoms with Crippen molar-refractivity contribution in [1.29, 1.82) is 0 Å². The molecular formula is C18H17BrO3. The highest BCUT2D eigenvalue weighted by Crippen LogP contribution is 2.26. The summed E-state index contributed by atoms with van der Waals surface area (Å²) in [5.74, 6) is 0.805. The number of aryl methyl sites for hydroxylation is 1. The van der Waals surface area contributed by atoms with Crippen molar-refractivity contribution in [2.24, 2.45) is 0 Å². The van der Waals surface area contributed by atoms with Crippen molar-refractivity contribution in [3.63, 3.8) is 0 Å². The summed E-state index contributed by atoms with van der Waals surface area (Å²) in [7, 11) is 0. The van der Waals surface area contributed by atoms with Gasteiger partial charge in [0.15, 0.2) is 0 Å². The molecule has 0 aromatic heterocycles. The summed E-state index contributed by atoms with van der Waals surface area (Å²) in [4.78, 5) is 11.9. The number of carbonyl (C=O) groups excluding carboxylic acids is 1. The van der Waals surface area contributed by atoms with Crippen LogP contribution in [0.5, 0.6) is 11.5 Å². The second-order valence-corrected chi connectivity index (χ2v) is 5.51. The van der Waals surface area contributed by atoms with Gasteiger partial charge < -0.3 is 9.47 Å². The minimum atomic E-state index is -0.434. The van der Waals surface area contributed by atoms with Crippen LogP contribution in [0.15, 0.2) is 53.0 Å². The molecule has 4 heteroatoms. The van der Waals surface area contributed by atoms with Gasteiger partial charge in [-0.05, 0) is 59.6 Å². The minimum absolute atomic E-state index is 0.434. The van der Waals surface area contributed by atoms with Crippen molar-refractivity contribution in [2.75, 3.05) is 6.61 Å². The summed E-state index contributed by atoms with van der Waals surface area (Å²) in [5, 5.41) is 0. The Bertz CT molecular complexity index is 692. The standard InChI is InChI=1S/C18H17BrO3/c1-3-21-16-7-5-4-6-14(16)9-11-18(20)22-17-10-8-13(2)12-15(17)19/h4-12H,3H2,1-2H3/b11-9+. The first-order valence-corrected chi connectivity index (χ1v) is 7.77. The lowest BCUT2D eigenvalue weighted by Crippen LogP contribution is -2.04. The molecule has 0 bridgehead atoms. The van der Waals surface area contributed by atoms with E-state index in [0.717, 1.165) is 21.3 Å². The van der Waals surface area contributed by atoms with Crippen LogP contribution < -0.4 is 9.47 Å². The van der Waals surface area contributed by atoms with Crippen LogP contribution in [0.25, 0.3) is 6.08 Å². The third-order valence-electron chi connectivity index (χ3n) is 2.92. The number of carbonyl (C=O) groups is 1. The van der Waals surface area contributed by atoms with Crippen molar-refractivity contribution in [3.05, 3.63) is 64.1 Å². The first-order valence-electron chi connectivity index (χ1n) is 6.98. The fourth-order valence-electron chi connectivity index (χ4n) is 1.89. The van der Waals surface area contributed by atoms with Crippen LogP contribution in [0.4, 0.5) is 0 Å². The van der Waals surface area contributed by atoms with Gasteiger partial charge in [0, 0.05) is 11.6 Å². The fraction of sp³-hybridized carbons (Fsp3) is 0.167. The Morgan fingerprint density at radius 3 is 2.68 bits per heavy atom. The predicted molar refractivity (Wildman–Crippen MR) is 91.2 cm³/mol. The minimum Gasteiger partial charge on any atom is -0.493 e. The highest BCUT2D eigenvalue weighted by atomic mass is 79.9. The highest BCUT2D eigenvalue weighted by Gasteiger charge is 2.06. The van der Waals surface area contributed by atoms with E-state index < -0.39 is 5.97 Å². The monoisotopic (exact) mass is 360 g/mol. The van der Waals surface area contributed by atoms with Crippen LogP contribution in [0, 0.1) is 6.92 Å². The van der Waals surface area contributed by atoms with Crippen molar-refractivity contribution in [3.8, 4) is 11.5 Å². The molecule has 0 heterocycles. The van der Waals surface area contributed by atoms with Crippen LogP contribution in [0.3, 0.4) is 0 Å². The van der Waals surface area contributed by atoms with E-state index in [0.29, 0.717) is 12.4 Å². The van der Waals surface area contributed by atoms with Crippen LogP contribution >= 0.6 is 15.9 Å². The third-order valence-corrected chi connectivity index (χ3v) is 3.54. The normalized spacial score (nSPS) is 10.7. The van der Waals surface area contributed by atoms with Gasteiger partial charge in [0.25, 0.3) is 0 Å². The number of benzene rings is 2. The van der Waals surface area contributed by atoms with Crippen molar-refractivity contribution in [2.45, 2.75) is 13.8 Å². The number of hydrogen-bond donors (Lipinski definition) is 0. The average molecular weight is 361 g/mol. The molecule has 2 aromatic carbocycles. The first-order chi connectivity index (χ1) is 10.6. The quantitative estimate of drug-likeness (QED) is 0.437. The number of ether oxygens (including phenoxy) is 2. The lowest BCUT2D eigenvalue weighted by Gasteiger charge is -2.07. The molecule has 0 radical (unpaired) electrons. The Kier molecular flexibility index (Phi) is 5.78. The zero-order valence-electron chi connectivity index (χ0n) is 12.5. The smallest absolute Gasteiger partial charge is 0.336 e.